The highest BCUT2D eigenvalue weighted by atomic mass is 32.1. The Morgan fingerprint density at radius 2 is 2.21 bits per heavy atom. The van der Waals surface area contributed by atoms with E-state index in [0.717, 1.165) is 4.88 Å². The van der Waals surface area contributed by atoms with Gasteiger partial charge < -0.3 is 0 Å². The number of rotatable bonds is 4. The second-order valence-corrected chi connectivity index (χ2v) is 6.15. The fourth-order valence-electron chi connectivity index (χ4n) is 2.41. The minimum absolute atomic E-state index is 0.219. The molecule has 0 saturated carbocycles. The third-order valence-electron chi connectivity index (χ3n) is 3.62. The van der Waals surface area contributed by atoms with Crippen molar-refractivity contribution in [2.75, 3.05) is 0 Å². The number of fused-ring (bicyclic) bond motifs is 1. The quantitative estimate of drug-likeness (QED) is 0.597. The zero-order valence-electron chi connectivity index (χ0n) is 12.4. The van der Waals surface area contributed by atoms with Crippen LogP contribution in [0.2, 0.25) is 0 Å². The van der Waals surface area contributed by atoms with Gasteiger partial charge in [0.15, 0.2) is 5.65 Å². The highest BCUT2D eigenvalue weighted by Crippen LogP contribution is 2.10. The van der Waals surface area contributed by atoms with Crippen molar-refractivity contribution in [1.29, 1.82) is 0 Å². The van der Waals surface area contributed by atoms with Crippen molar-refractivity contribution in [3.05, 3.63) is 68.1 Å². The van der Waals surface area contributed by atoms with Gasteiger partial charge in [0, 0.05) is 30.0 Å². The second-order valence-electron chi connectivity index (χ2n) is 5.12. The van der Waals surface area contributed by atoms with Crippen LogP contribution >= 0.6 is 11.3 Å². The van der Waals surface area contributed by atoms with Crippen LogP contribution in [-0.2, 0) is 13.0 Å². The highest BCUT2D eigenvalue weighted by molar-refractivity contribution is 7.09. The van der Waals surface area contributed by atoms with Gasteiger partial charge in [0.2, 0.25) is 5.95 Å². The number of hydrogen-bond donors (Lipinski definition) is 1. The monoisotopic (exact) mass is 340 g/mol. The van der Waals surface area contributed by atoms with E-state index in [2.05, 4.69) is 19.9 Å². The molecule has 8 nitrogen and oxygen atoms in total. The predicted molar refractivity (Wildman–Crippen MR) is 89.6 cm³/mol. The minimum atomic E-state index is -0.473. The van der Waals surface area contributed by atoms with Crippen LogP contribution in [0.1, 0.15) is 4.88 Å². The van der Waals surface area contributed by atoms with Gasteiger partial charge >= 0.3 is 5.69 Å². The molecule has 0 aliphatic carbocycles. The molecule has 0 aliphatic heterocycles. The first-order valence-electron chi connectivity index (χ1n) is 7.23. The number of nitrogens with zero attached hydrogens (tertiary/aromatic N) is 5. The number of imidazole rings is 1. The third kappa shape index (κ3) is 2.54. The first kappa shape index (κ1) is 14.5. The summed E-state index contributed by atoms with van der Waals surface area (Å²) in [6, 6.07) is 3.92. The summed E-state index contributed by atoms with van der Waals surface area (Å²) in [6.45, 7) is 0.313. The van der Waals surface area contributed by atoms with Gasteiger partial charge in [-0.1, -0.05) is 6.07 Å². The van der Waals surface area contributed by atoms with Crippen LogP contribution in [0.15, 0.2) is 52.0 Å². The molecule has 4 aromatic heterocycles. The Labute approximate surface area is 139 Å². The van der Waals surface area contributed by atoms with E-state index in [4.69, 9.17) is 0 Å². The van der Waals surface area contributed by atoms with Crippen molar-refractivity contribution < 1.29 is 0 Å². The molecule has 0 aliphatic rings. The average molecular weight is 340 g/mol. The van der Waals surface area contributed by atoms with Crippen LogP contribution in [0, 0.1) is 0 Å². The molecule has 1 N–H and O–H groups in total. The SMILES string of the molecule is O=c1[nH]c2nc(-n3ccnc3)ncc2c(=O)n1CCc1cccs1. The van der Waals surface area contributed by atoms with Crippen LogP contribution in [0.25, 0.3) is 17.0 Å². The lowest BCUT2D eigenvalue weighted by Gasteiger charge is -2.06. The van der Waals surface area contributed by atoms with Gasteiger partial charge in [-0.25, -0.2) is 14.8 Å². The molecule has 0 bridgehead atoms. The van der Waals surface area contributed by atoms with Crippen molar-refractivity contribution in [2.24, 2.45) is 0 Å². The lowest BCUT2D eigenvalue weighted by molar-refractivity contribution is 0.638. The zero-order valence-corrected chi connectivity index (χ0v) is 13.2. The Kier molecular flexibility index (Phi) is 3.54. The van der Waals surface area contributed by atoms with Crippen molar-refractivity contribution in [3.63, 3.8) is 0 Å². The van der Waals surface area contributed by atoms with Gasteiger partial charge in [0.1, 0.15) is 11.7 Å². The number of aromatic amines is 1. The van der Waals surface area contributed by atoms with Gasteiger partial charge in [-0.2, -0.15) is 4.98 Å². The zero-order chi connectivity index (χ0) is 16.5. The molecule has 0 fully saturated rings. The lowest BCUT2D eigenvalue weighted by atomic mass is 10.3. The van der Waals surface area contributed by atoms with Crippen LogP contribution < -0.4 is 11.2 Å². The van der Waals surface area contributed by atoms with E-state index in [1.807, 2.05) is 17.5 Å². The summed E-state index contributed by atoms with van der Waals surface area (Å²) in [7, 11) is 0. The number of H-pyrrole nitrogens is 1. The fraction of sp³-hybridized carbons (Fsp3) is 0.133. The lowest BCUT2D eigenvalue weighted by Crippen LogP contribution is -2.36. The smallest absolute Gasteiger partial charge is 0.291 e. The predicted octanol–water partition coefficient (Wildman–Crippen LogP) is 0.970. The average Bonchev–Trinajstić information content (AvgIpc) is 3.28. The van der Waals surface area contributed by atoms with Crippen LogP contribution in [0.4, 0.5) is 0 Å². The summed E-state index contributed by atoms with van der Waals surface area (Å²) in [6.07, 6.45) is 6.87. The van der Waals surface area contributed by atoms with E-state index >= 15 is 0 Å². The van der Waals surface area contributed by atoms with E-state index < -0.39 is 5.69 Å². The summed E-state index contributed by atoms with van der Waals surface area (Å²) < 4.78 is 2.78. The van der Waals surface area contributed by atoms with Crippen LogP contribution in [0.3, 0.4) is 0 Å². The summed E-state index contributed by atoms with van der Waals surface area (Å²) >= 11 is 1.60. The first-order valence-corrected chi connectivity index (χ1v) is 8.11. The number of nitrogens with one attached hydrogen (secondary N) is 1. The Morgan fingerprint density at radius 3 is 2.96 bits per heavy atom. The van der Waals surface area contributed by atoms with Crippen molar-refractivity contribution in [2.45, 2.75) is 13.0 Å². The summed E-state index contributed by atoms with van der Waals surface area (Å²) in [5.41, 5.74) is -0.641. The molecular weight excluding hydrogens is 328 g/mol. The van der Waals surface area contributed by atoms with Crippen molar-refractivity contribution >= 4 is 22.4 Å². The van der Waals surface area contributed by atoms with Crippen LogP contribution in [0.5, 0.6) is 0 Å². The third-order valence-corrected chi connectivity index (χ3v) is 4.56. The maximum Gasteiger partial charge on any atom is 0.330 e. The second kappa shape index (κ2) is 5.85. The van der Waals surface area contributed by atoms with E-state index in [0.29, 0.717) is 18.9 Å². The van der Waals surface area contributed by atoms with E-state index in [-0.39, 0.29) is 16.6 Å². The molecule has 0 atom stereocenters. The van der Waals surface area contributed by atoms with Crippen molar-refractivity contribution in [3.8, 4) is 5.95 Å². The number of aromatic nitrogens is 6. The number of hydrogen-bond acceptors (Lipinski definition) is 6. The molecule has 0 spiro atoms. The molecule has 9 heteroatoms. The molecule has 0 aromatic carbocycles. The normalized spacial score (nSPS) is 11.2. The molecule has 0 radical (unpaired) electrons. The molecule has 4 heterocycles. The molecule has 4 rings (SSSR count). The van der Waals surface area contributed by atoms with Crippen molar-refractivity contribution in [1.82, 2.24) is 29.1 Å². The van der Waals surface area contributed by atoms with Gasteiger partial charge in [0.25, 0.3) is 5.56 Å². The molecule has 0 saturated heterocycles. The van der Waals surface area contributed by atoms with Gasteiger partial charge in [-0.3, -0.25) is 18.9 Å². The molecule has 0 unspecified atom stereocenters. The Bertz CT molecular complexity index is 1100. The Hall–Kier alpha value is -3.07. The maximum absolute atomic E-state index is 12.6. The summed E-state index contributed by atoms with van der Waals surface area (Å²) in [4.78, 5) is 40.9. The first-order chi connectivity index (χ1) is 11.7. The number of aryl methyl sites for hydroxylation is 1. The van der Waals surface area contributed by atoms with Gasteiger partial charge in [-0.15, -0.1) is 11.3 Å². The van der Waals surface area contributed by atoms with Crippen LogP contribution in [-0.4, -0.2) is 29.1 Å². The Balaban J connectivity index is 1.76. The Morgan fingerprint density at radius 1 is 1.29 bits per heavy atom. The largest absolute Gasteiger partial charge is 0.330 e. The maximum atomic E-state index is 12.6. The molecule has 0 amide bonds. The van der Waals surface area contributed by atoms with Gasteiger partial charge in [0.05, 0.1) is 0 Å². The van der Waals surface area contributed by atoms with E-state index in [1.54, 1.807) is 34.6 Å². The fourth-order valence-corrected chi connectivity index (χ4v) is 3.11. The molecule has 120 valence electrons. The molecule has 24 heavy (non-hydrogen) atoms. The van der Waals surface area contributed by atoms with Gasteiger partial charge in [-0.05, 0) is 17.9 Å². The molecular formula is C15H12N6O2S. The molecule has 4 aromatic rings. The number of thiophene rings is 1. The summed E-state index contributed by atoms with van der Waals surface area (Å²) in [5.74, 6) is 0.339. The highest BCUT2D eigenvalue weighted by Gasteiger charge is 2.11. The topological polar surface area (TPSA) is 98.5 Å². The summed E-state index contributed by atoms with van der Waals surface area (Å²) in [5, 5.41) is 2.25. The standard InChI is InChI=1S/C15H12N6O2S/c22-13-11-8-17-14(20-6-4-16-9-20)18-12(11)19-15(23)21(13)5-3-10-2-1-7-24-10/h1-2,4,6-9H,3,5H2,(H,17,18,19,23). The van der Waals surface area contributed by atoms with E-state index in [1.165, 1.54) is 10.8 Å². The minimum Gasteiger partial charge on any atom is -0.291 e. The van der Waals surface area contributed by atoms with E-state index in [9.17, 15) is 9.59 Å².